The molecule has 0 aliphatic carbocycles. The zero-order valence-corrected chi connectivity index (χ0v) is 12.3. The molecule has 2 amide bonds. The average Bonchev–Trinajstić information content (AvgIpc) is 2.76. The van der Waals surface area contributed by atoms with E-state index in [4.69, 9.17) is 10.7 Å². The summed E-state index contributed by atoms with van der Waals surface area (Å²) in [5.41, 5.74) is 0.534. The number of rotatable bonds is 4. The zero-order chi connectivity index (χ0) is 16.3. The standard InChI is InChI=1S/C12H12N4O5S/c1-22(20)9-6-10(17)16(11(9)18)21-12(19)7-2-4-8(5-3-7)14-15-13/h2-5,9H,6H2,1H3,(H2,13,14). The number of benzene rings is 1. The van der Waals surface area contributed by atoms with Gasteiger partial charge in [-0.2, -0.15) is 0 Å². The Labute approximate surface area is 127 Å². The minimum absolute atomic E-state index is 0.109. The third-order valence-electron chi connectivity index (χ3n) is 2.91. The van der Waals surface area contributed by atoms with Gasteiger partial charge in [0.2, 0.25) is 0 Å². The maximum atomic E-state index is 11.9. The Bertz CT molecular complexity index is 673. The molecule has 10 heteroatoms. The normalized spacial score (nSPS) is 19.7. The van der Waals surface area contributed by atoms with Crippen molar-refractivity contribution in [2.45, 2.75) is 11.7 Å². The fourth-order valence-electron chi connectivity index (χ4n) is 1.80. The van der Waals surface area contributed by atoms with Crippen LogP contribution >= 0.6 is 0 Å². The summed E-state index contributed by atoms with van der Waals surface area (Å²) >= 11 is 0. The molecule has 1 heterocycles. The van der Waals surface area contributed by atoms with Crippen LogP contribution in [0.15, 0.2) is 34.6 Å². The van der Waals surface area contributed by atoms with Crippen LogP contribution in [0, 0.1) is 0 Å². The van der Waals surface area contributed by atoms with E-state index < -0.39 is 33.8 Å². The minimum Gasteiger partial charge on any atom is -0.325 e. The van der Waals surface area contributed by atoms with Crippen LogP contribution < -0.4 is 5.84 Å². The molecular formula is C12H12N4O5S. The molecule has 0 spiro atoms. The van der Waals surface area contributed by atoms with Gasteiger partial charge in [-0.25, -0.2) is 4.79 Å². The number of hydrogen-bond donors (Lipinski definition) is 1. The van der Waals surface area contributed by atoms with E-state index in [-0.39, 0.29) is 12.0 Å². The van der Waals surface area contributed by atoms with E-state index in [1.807, 2.05) is 0 Å². The predicted molar refractivity (Wildman–Crippen MR) is 74.9 cm³/mol. The predicted octanol–water partition coefficient (Wildman–Crippen LogP) is 0.222. The quantitative estimate of drug-likeness (QED) is 0.365. The molecule has 1 aliphatic heterocycles. The molecule has 2 N–H and O–H groups in total. The van der Waals surface area contributed by atoms with Crippen LogP contribution in [0.2, 0.25) is 0 Å². The van der Waals surface area contributed by atoms with Crippen LogP contribution in [0.1, 0.15) is 16.8 Å². The first-order chi connectivity index (χ1) is 10.4. The number of hydroxylamine groups is 2. The van der Waals surface area contributed by atoms with E-state index in [1.54, 1.807) is 0 Å². The highest BCUT2D eigenvalue weighted by Gasteiger charge is 2.43. The van der Waals surface area contributed by atoms with Gasteiger partial charge in [0.05, 0.1) is 17.7 Å². The van der Waals surface area contributed by atoms with E-state index in [1.165, 1.54) is 30.5 Å². The zero-order valence-electron chi connectivity index (χ0n) is 11.5. The van der Waals surface area contributed by atoms with Gasteiger partial charge in [0, 0.05) is 17.1 Å². The maximum Gasteiger partial charge on any atom is 0.363 e. The number of carbonyl (C=O) groups excluding carboxylic acids is 3. The smallest absolute Gasteiger partial charge is 0.325 e. The Morgan fingerprint density at radius 3 is 2.50 bits per heavy atom. The molecule has 0 bridgehead atoms. The molecule has 2 atom stereocenters. The minimum atomic E-state index is -1.52. The lowest BCUT2D eigenvalue weighted by molar-refractivity contribution is -0.172. The summed E-state index contributed by atoms with van der Waals surface area (Å²) < 4.78 is 11.3. The van der Waals surface area contributed by atoms with Gasteiger partial charge in [-0.05, 0) is 24.3 Å². The Morgan fingerprint density at radius 1 is 1.36 bits per heavy atom. The van der Waals surface area contributed by atoms with E-state index in [0.29, 0.717) is 10.8 Å². The van der Waals surface area contributed by atoms with Crippen LogP contribution in [0.5, 0.6) is 0 Å². The Morgan fingerprint density at radius 2 is 2.00 bits per heavy atom. The van der Waals surface area contributed by atoms with Crippen LogP contribution in [0.3, 0.4) is 0 Å². The Hall–Kier alpha value is -2.62. The maximum absolute atomic E-state index is 11.9. The lowest BCUT2D eigenvalue weighted by atomic mass is 10.2. The van der Waals surface area contributed by atoms with E-state index >= 15 is 0 Å². The van der Waals surface area contributed by atoms with Crippen LogP contribution in [-0.4, -0.2) is 38.6 Å². The highest BCUT2D eigenvalue weighted by atomic mass is 32.2. The summed E-state index contributed by atoms with van der Waals surface area (Å²) in [4.78, 5) is 40.2. The molecule has 0 radical (unpaired) electrons. The summed E-state index contributed by atoms with van der Waals surface area (Å²) in [7, 11) is -1.52. The Balaban J connectivity index is 2.10. The first-order valence-corrected chi connectivity index (χ1v) is 7.68. The van der Waals surface area contributed by atoms with Crippen molar-refractivity contribution in [3.63, 3.8) is 0 Å². The number of hydrogen-bond acceptors (Lipinski definition) is 7. The van der Waals surface area contributed by atoms with Crippen molar-refractivity contribution < 1.29 is 23.4 Å². The number of imide groups is 1. The molecule has 0 saturated carbocycles. The molecule has 9 nitrogen and oxygen atoms in total. The fourth-order valence-corrected chi connectivity index (χ4v) is 2.56. The van der Waals surface area contributed by atoms with Gasteiger partial charge >= 0.3 is 5.97 Å². The van der Waals surface area contributed by atoms with Crippen molar-refractivity contribution in [1.82, 2.24) is 5.06 Å². The first-order valence-electron chi connectivity index (χ1n) is 6.06. The third-order valence-corrected chi connectivity index (χ3v) is 4.08. The second-order valence-electron chi connectivity index (χ2n) is 4.36. The molecular weight excluding hydrogens is 312 g/mol. The summed E-state index contributed by atoms with van der Waals surface area (Å²) in [6, 6.07) is 5.69. The first kappa shape index (κ1) is 15.8. The third kappa shape index (κ3) is 3.17. The number of nitrogens with two attached hydrogens (primary N) is 1. The van der Waals surface area contributed by atoms with Gasteiger partial charge in [0.25, 0.3) is 11.8 Å². The van der Waals surface area contributed by atoms with Crippen molar-refractivity contribution in [2.24, 2.45) is 16.2 Å². The van der Waals surface area contributed by atoms with E-state index in [0.717, 1.165) is 0 Å². The molecule has 0 aromatic heterocycles. The van der Waals surface area contributed by atoms with Gasteiger partial charge in [-0.1, -0.05) is 5.22 Å². The van der Waals surface area contributed by atoms with Gasteiger partial charge < -0.3 is 10.7 Å². The molecule has 116 valence electrons. The topological polar surface area (TPSA) is 131 Å². The van der Waals surface area contributed by atoms with Crippen LogP contribution in [-0.2, 0) is 25.2 Å². The van der Waals surface area contributed by atoms with Crippen molar-refractivity contribution in [2.75, 3.05) is 6.26 Å². The number of carbonyl (C=O) groups is 3. The molecule has 22 heavy (non-hydrogen) atoms. The second kappa shape index (κ2) is 6.43. The number of nitrogens with zero attached hydrogens (tertiary/aromatic N) is 3. The molecule has 1 aliphatic rings. The lowest BCUT2D eigenvalue weighted by Crippen LogP contribution is -2.35. The van der Waals surface area contributed by atoms with Gasteiger partial charge in [-0.3, -0.25) is 13.8 Å². The van der Waals surface area contributed by atoms with Crippen LogP contribution in [0.25, 0.3) is 0 Å². The summed E-state index contributed by atoms with van der Waals surface area (Å²) in [6.07, 6.45) is 1.07. The van der Waals surface area contributed by atoms with Crippen molar-refractivity contribution in [1.29, 1.82) is 0 Å². The molecule has 1 aromatic rings. The highest BCUT2D eigenvalue weighted by molar-refractivity contribution is 7.85. The van der Waals surface area contributed by atoms with Gasteiger partial charge in [0.15, 0.2) is 0 Å². The molecule has 1 fully saturated rings. The fraction of sp³-hybridized carbons (Fsp3) is 0.250. The van der Waals surface area contributed by atoms with Crippen molar-refractivity contribution >= 4 is 34.3 Å². The molecule has 1 aromatic carbocycles. The lowest BCUT2D eigenvalue weighted by Gasteiger charge is -2.13. The molecule has 2 unspecified atom stereocenters. The van der Waals surface area contributed by atoms with Gasteiger partial charge in [0.1, 0.15) is 5.25 Å². The van der Waals surface area contributed by atoms with E-state index in [2.05, 4.69) is 10.3 Å². The number of amides is 2. The summed E-state index contributed by atoms with van der Waals surface area (Å²) in [5, 5.41) is 6.04. The SMILES string of the molecule is CS(=O)C1CC(=O)N(OC(=O)c2ccc(N=NN)cc2)C1=O. The average molecular weight is 324 g/mol. The van der Waals surface area contributed by atoms with E-state index in [9.17, 15) is 18.6 Å². The summed E-state index contributed by atoms with van der Waals surface area (Å²) in [6.45, 7) is 0. The monoisotopic (exact) mass is 324 g/mol. The second-order valence-corrected chi connectivity index (χ2v) is 5.93. The highest BCUT2D eigenvalue weighted by Crippen LogP contribution is 2.20. The molecule has 2 rings (SSSR count). The van der Waals surface area contributed by atoms with Gasteiger partial charge in [-0.15, -0.1) is 10.2 Å². The largest absolute Gasteiger partial charge is 0.363 e. The summed E-state index contributed by atoms with van der Waals surface area (Å²) in [5.74, 6) is 2.52. The van der Waals surface area contributed by atoms with Crippen molar-refractivity contribution in [3.05, 3.63) is 29.8 Å². The Kier molecular flexibility index (Phi) is 4.61. The molecule has 1 saturated heterocycles. The van der Waals surface area contributed by atoms with Crippen molar-refractivity contribution in [3.8, 4) is 0 Å². The van der Waals surface area contributed by atoms with Crippen LogP contribution in [0.4, 0.5) is 5.69 Å².